The van der Waals surface area contributed by atoms with Crippen LogP contribution >= 0.6 is 23.2 Å². The van der Waals surface area contributed by atoms with E-state index in [9.17, 15) is 0 Å². The molecule has 1 aliphatic rings. The summed E-state index contributed by atoms with van der Waals surface area (Å²) in [6, 6.07) is 5.72. The van der Waals surface area contributed by atoms with Crippen molar-refractivity contribution in [3.63, 3.8) is 0 Å². The Morgan fingerprint density at radius 3 is 2.47 bits per heavy atom. The van der Waals surface area contributed by atoms with E-state index in [1.54, 1.807) is 6.07 Å². The molecule has 1 saturated carbocycles. The molecule has 0 aliphatic heterocycles. The monoisotopic (exact) mass is 243 g/mol. The first kappa shape index (κ1) is 11.3. The Kier molecular flexibility index (Phi) is 2.74. The van der Waals surface area contributed by atoms with Crippen LogP contribution in [0.1, 0.15) is 25.3 Å². The van der Waals surface area contributed by atoms with Crippen molar-refractivity contribution >= 4 is 23.2 Å². The van der Waals surface area contributed by atoms with Crippen molar-refractivity contribution in [2.24, 2.45) is 17.1 Å². The minimum Gasteiger partial charge on any atom is -0.330 e. The minimum absolute atomic E-state index is 0.270. The summed E-state index contributed by atoms with van der Waals surface area (Å²) in [5.41, 5.74) is 7.20. The topological polar surface area (TPSA) is 26.0 Å². The van der Waals surface area contributed by atoms with Crippen molar-refractivity contribution in [2.75, 3.05) is 6.54 Å². The largest absolute Gasteiger partial charge is 0.330 e. The smallest absolute Gasteiger partial charge is 0.0455 e. The molecule has 0 aromatic heterocycles. The molecule has 1 aromatic rings. The normalized spacial score (nSPS) is 27.8. The van der Waals surface area contributed by atoms with Crippen LogP contribution < -0.4 is 5.73 Å². The number of benzene rings is 1. The van der Waals surface area contributed by atoms with Gasteiger partial charge in [-0.25, -0.2) is 0 Å². The van der Waals surface area contributed by atoms with E-state index in [2.05, 4.69) is 13.8 Å². The second kappa shape index (κ2) is 3.65. The molecule has 2 atom stereocenters. The number of hydrogen-bond donors (Lipinski definition) is 1. The molecule has 0 bridgehead atoms. The van der Waals surface area contributed by atoms with E-state index in [4.69, 9.17) is 28.9 Å². The van der Waals surface area contributed by atoms with Crippen molar-refractivity contribution in [2.45, 2.75) is 19.8 Å². The van der Waals surface area contributed by atoms with Crippen molar-refractivity contribution < 1.29 is 0 Å². The maximum atomic E-state index is 6.19. The highest BCUT2D eigenvalue weighted by atomic mass is 35.5. The van der Waals surface area contributed by atoms with Gasteiger partial charge in [0.1, 0.15) is 0 Å². The zero-order valence-electron chi connectivity index (χ0n) is 8.93. The van der Waals surface area contributed by atoms with Crippen LogP contribution in [0, 0.1) is 11.3 Å². The van der Waals surface area contributed by atoms with Crippen molar-refractivity contribution in [3.8, 4) is 0 Å². The number of halogens is 2. The molecular formula is C12H15Cl2N. The minimum atomic E-state index is 0.270. The van der Waals surface area contributed by atoms with Gasteiger partial charge < -0.3 is 5.73 Å². The summed E-state index contributed by atoms with van der Waals surface area (Å²) in [5.74, 6) is 1.02. The van der Waals surface area contributed by atoms with E-state index >= 15 is 0 Å². The first-order valence-corrected chi connectivity index (χ1v) is 5.89. The lowest BCUT2D eigenvalue weighted by molar-refractivity contribution is 0.558. The summed E-state index contributed by atoms with van der Waals surface area (Å²) >= 11 is 12.1. The van der Waals surface area contributed by atoms with Gasteiger partial charge in [0.25, 0.3) is 0 Å². The highest BCUT2D eigenvalue weighted by Gasteiger charge is 2.57. The third kappa shape index (κ3) is 1.77. The maximum Gasteiger partial charge on any atom is 0.0455 e. The van der Waals surface area contributed by atoms with Crippen LogP contribution in [0.5, 0.6) is 0 Å². The summed E-state index contributed by atoms with van der Waals surface area (Å²) < 4.78 is 0. The van der Waals surface area contributed by atoms with E-state index in [0.29, 0.717) is 16.9 Å². The number of rotatable bonds is 2. The Labute approximate surface area is 101 Å². The number of hydrogen-bond acceptors (Lipinski definition) is 1. The molecule has 2 rings (SSSR count). The molecule has 0 unspecified atom stereocenters. The molecule has 82 valence electrons. The van der Waals surface area contributed by atoms with Crippen molar-refractivity contribution in [3.05, 3.63) is 33.8 Å². The van der Waals surface area contributed by atoms with Gasteiger partial charge in [0.2, 0.25) is 0 Å². The SMILES string of the molecule is CC1(C)[C@H](CN)[C@H]1c1ccc(Cl)cc1Cl. The van der Waals surface area contributed by atoms with Crippen LogP contribution in [0.3, 0.4) is 0 Å². The van der Waals surface area contributed by atoms with Gasteiger partial charge in [0, 0.05) is 10.0 Å². The molecule has 0 amide bonds. The fourth-order valence-corrected chi connectivity index (χ4v) is 3.08. The van der Waals surface area contributed by atoms with Crippen molar-refractivity contribution in [1.29, 1.82) is 0 Å². The molecule has 1 aromatic carbocycles. The van der Waals surface area contributed by atoms with Gasteiger partial charge >= 0.3 is 0 Å². The summed E-state index contributed by atoms with van der Waals surface area (Å²) in [7, 11) is 0. The third-order valence-corrected chi connectivity index (χ3v) is 4.16. The van der Waals surface area contributed by atoms with Gasteiger partial charge in [-0.3, -0.25) is 0 Å². The zero-order chi connectivity index (χ0) is 11.2. The van der Waals surface area contributed by atoms with Crippen LogP contribution in [0.4, 0.5) is 0 Å². The highest BCUT2D eigenvalue weighted by Crippen LogP contribution is 2.64. The Balaban J connectivity index is 2.33. The zero-order valence-corrected chi connectivity index (χ0v) is 10.4. The second-order valence-corrected chi connectivity index (χ2v) is 5.65. The summed E-state index contributed by atoms with van der Waals surface area (Å²) in [5, 5.41) is 1.45. The van der Waals surface area contributed by atoms with Gasteiger partial charge in [-0.1, -0.05) is 43.1 Å². The van der Waals surface area contributed by atoms with Crippen LogP contribution in [-0.2, 0) is 0 Å². The summed E-state index contributed by atoms with van der Waals surface area (Å²) in [6.07, 6.45) is 0. The molecule has 0 heterocycles. The molecule has 0 spiro atoms. The Morgan fingerprint density at radius 2 is 2.00 bits per heavy atom. The molecule has 2 N–H and O–H groups in total. The van der Waals surface area contributed by atoms with Gasteiger partial charge in [-0.15, -0.1) is 0 Å². The molecule has 1 aliphatic carbocycles. The molecule has 0 radical (unpaired) electrons. The summed E-state index contributed by atoms with van der Waals surface area (Å²) in [6.45, 7) is 5.19. The average molecular weight is 244 g/mol. The molecule has 3 heteroatoms. The predicted molar refractivity (Wildman–Crippen MR) is 65.5 cm³/mol. The average Bonchev–Trinajstić information content (AvgIpc) is 2.68. The second-order valence-electron chi connectivity index (χ2n) is 4.81. The fourth-order valence-electron chi connectivity index (χ4n) is 2.56. The van der Waals surface area contributed by atoms with Gasteiger partial charge in [0.05, 0.1) is 0 Å². The molecule has 0 saturated heterocycles. The number of nitrogens with two attached hydrogens (primary N) is 1. The predicted octanol–water partition coefficient (Wildman–Crippen LogP) is 3.69. The van der Waals surface area contributed by atoms with E-state index in [0.717, 1.165) is 11.6 Å². The third-order valence-electron chi connectivity index (χ3n) is 3.60. The highest BCUT2D eigenvalue weighted by molar-refractivity contribution is 6.35. The molecule has 15 heavy (non-hydrogen) atoms. The molecular weight excluding hydrogens is 229 g/mol. The summed E-state index contributed by atoms with van der Waals surface area (Å²) in [4.78, 5) is 0. The lowest BCUT2D eigenvalue weighted by atomic mass is 10.0. The lowest BCUT2D eigenvalue weighted by Gasteiger charge is -2.05. The first-order valence-electron chi connectivity index (χ1n) is 5.13. The van der Waals surface area contributed by atoms with Crippen LogP contribution in [0.15, 0.2) is 18.2 Å². The fraction of sp³-hybridized carbons (Fsp3) is 0.500. The van der Waals surface area contributed by atoms with E-state index in [-0.39, 0.29) is 5.41 Å². The first-order chi connectivity index (χ1) is 6.98. The molecule has 1 nitrogen and oxygen atoms in total. The Morgan fingerprint density at radius 1 is 1.33 bits per heavy atom. The van der Waals surface area contributed by atoms with E-state index < -0.39 is 0 Å². The lowest BCUT2D eigenvalue weighted by Crippen LogP contribution is -2.05. The van der Waals surface area contributed by atoms with Crippen LogP contribution in [-0.4, -0.2) is 6.54 Å². The molecule has 1 fully saturated rings. The van der Waals surface area contributed by atoms with Gasteiger partial charge in [0.15, 0.2) is 0 Å². The standard InChI is InChI=1S/C12H15Cl2N/c1-12(2)9(6-15)11(12)8-4-3-7(13)5-10(8)14/h3-5,9,11H,6,15H2,1-2H3/t9-,11-/m1/s1. The Bertz CT molecular complexity index is 387. The van der Waals surface area contributed by atoms with Crippen LogP contribution in [0.25, 0.3) is 0 Å². The van der Waals surface area contributed by atoms with Crippen LogP contribution in [0.2, 0.25) is 10.0 Å². The van der Waals surface area contributed by atoms with E-state index in [1.807, 2.05) is 12.1 Å². The van der Waals surface area contributed by atoms with E-state index in [1.165, 1.54) is 5.56 Å². The Hall–Kier alpha value is -0.240. The quantitative estimate of drug-likeness (QED) is 0.843. The van der Waals surface area contributed by atoms with Gasteiger partial charge in [-0.2, -0.15) is 0 Å². The van der Waals surface area contributed by atoms with Crippen molar-refractivity contribution in [1.82, 2.24) is 0 Å². The van der Waals surface area contributed by atoms with Gasteiger partial charge in [-0.05, 0) is 41.5 Å². The maximum absolute atomic E-state index is 6.19.